The van der Waals surface area contributed by atoms with Crippen molar-refractivity contribution in [1.29, 1.82) is 0 Å². The molecule has 4 nitrogen and oxygen atoms in total. The first-order valence-corrected chi connectivity index (χ1v) is 8.54. The zero-order valence-electron chi connectivity index (χ0n) is 13.0. The number of ether oxygens (including phenoxy) is 1. The highest BCUT2D eigenvalue weighted by molar-refractivity contribution is 7.13. The molecule has 0 unspecified atom stereocenters. The highest BCUT2D eigenvalue weighted by atomic mass is 35.5. The second-order valence-corrected chi connectivity index (χ2v) is 6.30. The SMILES string of the molecule is COc1ccc(-c2nc(CNC(=O)c3ccccc3Cl)cs2)cc1. The molecule has 0 fully saturated rings. The van der Waals surface area contributed by atoms with Crippen LogP contribution in [0.3, 0.4) is 0 Å². The normalized spacial score (nSPS) is 10.4. The quantitative estimate of drug-likeness (QED) is 0.735. The number of rotatable bonds is 5. The number of hydrogen-bond donors (Lipinski definition) is 1. The van der Waals surface area contributed by atoms with Gasteiger partial charge in [0.1, 0.15) is 10.8 Å². The first-order chi connectivity index (χ1) is 11.7. The third-order valence-electron chi connectivity index (χ3n) is 3.44. The molecule has 2 aromatic carbocycles. The van der Waals surface area contributed by atoms with Gasteiger partial charge in [0, 0.05) is 10.9 Å². The van der Waals surface area contributed by atoms with Gasteiger partial charge >= 0.3 is 0 Å². The standard InChI is InChI=1S/C18H15ClN2O2S/c1-23-14-8-6-12(7-9-14)18-21-13(11-24-18)10-20-17(22)15-4-2-3-5-16(15)19/h2-9,11H,10H2,1H3,(H,20,22). The number of methoxy groups -OCH3 is 1. The number of thiazole rings is 1. The molecule has 0 spiro atoms. The van der Waals surface area contributed by atoms with Gasteiger partial charge in [0.15, 0.2) is 0 Å². The summed E-state index contributed by atoms with van der Waals surface area (Å²) in [5.41, 5.74) is 2.29. The van der Waals surface area contributed by atoms with E-state index >= 15 is 0 Å². The summed E-state index contributed by atoms with van der Waals surface area (Å²) in [6, 6.07) is 14.7. The van der Waals surface area contributed by atoms with Crippen molar-refractivity contribution in [3.63, 3.8) is 0 Å². The van der Waals surface area contributed by atoms with Gasteiger partial charge in [-0.15, -0.1) is 11.3 Å². The largest absolute Gasteiger partial charge is 0.497 e. The van der Waals surface area contributed by atoms with Crippen molar-refractivity contribution in [2.75, 3.05) is 7.11 Å². The van der Waals surface area contributed by atoms with E-state index in [-0.39, 0.29) is 5.91 Å². The van der Waals surface area contributed by atoms with Gasteiger partial charge in [-0.05, 0) is 36.4 Å². The smallest absolute Gasteiger partial charge is 0.253 e. The number of aromatic nitrogens is 1. The van der Waals surface area contributed by atoms with E-state index in [9.17, 15) is 4.79 Å². The van der Waals surface area contributed by atoms with Crippen LogP contribution in [0.2, 0.25) is 5.02 Å². The number of benzene rings is 2. The molecule has 0 atom stereocenters. The Kier molecular flexibility index (Phi) is 5.13. The van der Waals surface area contributed by atoms with E-state index in [1.165, 1.54) is 11.3 Å². The number of carbonyl (C=O) groups excluding carboxylic acids is 1. The molecule has 3 rings (SSSR count). The van der Waals surface area contributed by atoms with Crippen LogP contribution in [0.15, 0.2) is 53.9 Å². The second kappa shape index (κ2) is 7.47. The number of nitrogens with one attached hydrogen (secondary N) is 1. The molecular weight excluding hydrogens is 344 g/mol. The zero-order chi connectivity index (χ0) is 16.9. The maximum Gasteiger partial charge on any atom is 0.253 e. The fraction of sp³-hybridized carbons (Fsp3) is 0.111. The third-order valence-corrected chi connectivity index (χ3v) is 4.71. The zero-order valence-corrected chi connectivity index (χ0v) is 14.5. The number of halogens is 1. The Hall–Kier alpha value is -2.37. The van der Waals surface area contributed by atoms with Crippen molar-refractivity contribution in [3.05, 3.63) is 70.2 Å². The molecule has 0 bridgehead atoms. The van der Waals surface area contributed by atoms with Crippen LogP contribution >= 0.6 is 22.9 Å². The molecule has 0 aliphatic rings. The molecule has 0 aliphatic carbocycles. The van der Waals surface area contributed by atoms with Crippen LogP contribution in [0.5, 0.6) is 5.75 Å². The maximum atomic E-state index is 12.2. The summed E-state index contributed by atoms with van der Waals surface area (Å²) >= 11 is 7.56. The highest BCUT2D eigenvalue weighted by Gasteiger charge is 2.10. The van der Waals surface area contributed by atoms with Gasteiger partial charge in [0.05, 0.1) is 29.9 Å². The Morgan fingerprint density at radius 2 is 1.96 bits per heavy atom. The fourth-order valence-electron chi connectivity index (χ4n) is 2.17. The Bertz CT molecular complexity index is 846. The Balaban J connectivity index is 1.66. The number of amides is 1. The van der Waals surface area contributed by atoms with E-state index < -0.39 is 0 Å². The molecule has 0 aliphatic heterocycles. The Morgan fingerprint density at radius 1 is 1.21 bits per heavy atom. The lowest BCUT2D eigenvalue weighted by atomic mass is 10.2. The van der Waals surface area contributed by atoms with Crippen molar-refractivity contribution >= 4 is 28.8 Å². The van der Waals surface area contributed by atoms with Gasteiger partial charge in [-0.25, -0.2) is 4.98 Å². The van der Waals surface area contributed by atoms with Crippen molar-refractivity contribution in [1.82, 2.24) is 10.3 Å². The molecule has 1 aromatic heterocycles. The predicted molar refractivity (Wildman–Crippen MR) is 96.7 cm³/mol. The van der Waals surface area contributed by atoms with Gasteiger partial charge in [0.25, 0.3) is 5.91 Å². The lowest BCUT2D eigenvalue weighted by Crippen LogP contribution is -2.23. The lowest BCUT2D eigenvalue weighted by Gasteiger charge is -2.05. The van der Waals surface area contributed by atoms with E-state index in [2.05, 4.69) is 10.3 Å². The lowest BCUT2D eigenvalue weighted by molar-refractivity contribution is 0.0950. The van der Waals surface area contributed by atoms with E-state index in [1.54, 1.807) is 31.4 Å². The van der Waals surface area contributed by atoms with Crippen LogP contribution in [0, 0.1) is 0 Å². The minimum absolute atomic E-state index is 0.209. The summed E-state index contributed by atoms with van der Waals surface area (Å²) in [6.45, 7) is 0.358. The van der Waals surface area contributed by atoms with Crippen LogP contribution < -0.4 is 10.1 Å². The van der Waals surface area contributed by atoms with Gasteiger partial charge in [0.2, 0.25) is 0 Å². The molecule has 0 saturated carbocycles. The minimum Gasteiger partial charge on any atom is -0.497 e. The predicted octanol–water partition coefficient (Wildman–Crippen LogP) is 4.40. The average Bonchev–Trinajstić information content (AvgIpc) is 3.09. The second-order valence-electron chi connectivity index (χ2n) is 5.04. The first kappa shape index (κ1) is 16.5. The summed E-state index contributed by atoms with van der Waals surface area (Å²) in [5, 5.41) is 6.12. The van der Waals surface area contributed by atoms with Crippen LogP contribution in [-0.4, -0.2) is 18.0 Å². The molecule has 24 heavy (non-hydrogen) atoms. The average molecular weight is 359 g/mol. The highest BCUT2D eigenvalue weighted by Crippen LogP contribution is 2.25. The van der Waals surface area contributed by atoms with Gasteiger partial charge in [-0.1, -0.05) is 23.7 Å². The fourth-order valence-corrected chi connectivity index (χ4v) is 3.21. The Morgan fingerprint density at radius 3 is 2.67 bits per heavy atom. The van der Waals surface area contributed by atoms with Gasteiger partial charge < -0.3 is 10.1 Å². The van der Waals surface area contributed by atoms with Crippen LogP contribution in [0.1, 0.15) is 16.1 Å². The molecule has 1 amide bonds. The topological polar surface area (TPSA) is 51.2 Å². The number of nitrogens with zero attached hydrogens (tertiary/aromatic N) is 1. The van der Waals surface area contributed by atoms with Crippen molar-refractivity contribution in [2.45, 2.75) is 6.54 Å². The van der Waals surface area contributed by atoms with E-state index in [1.807, 2.05) is 29.6 Å². The van der Waals surface area contributed by atoms with Crippen LogP contribution in [0.4, 0.5) is 0 Å². The molecule has 0 radical (unpaired) electrons. The van der Waals surface area contributed by atoms with Crippen molar-refractivity contribution in [3.8, 4) is 16.3 Å². The van der Waals surface area contributed by atoms with E-state index in [0.717, 1.165) is 22.0 Å². The summed E-state index contributed by atoms with van der Waals surface area (Å²) in [4.78, 5) is 16.7. The summed E-state index contributed by atoms with van der Waals surface area (Å²) in [6.07, 6.45) is 0. The first-order valence-electron chi connectivity index (χ1n) is 7.29. The number of hydrogen-bond acceptors (Lipinski definition) is 4. The molecule has 122 valence electrons. The minimum atomic E-state index is -0.209. The number of carbonyl (C=O) groups is 1. The molecule has 3 aromatic rings. The van der Waals surface area contributed by atoms with Crippen LogP contribution in [-0.2, 0) is 6.54 Å². The molecule has 1 N–H and O–H groups in total. The van der Waals surface area contributed by atoms with Crippen molar-refractivity contribution in [2.24, 2.45) is 0 Å². The Labute approximate surface area is 149 Å². The molecule has 1 heterocycles. The third kappa shape index (κ3) is 3.75. The van der Waals surface area contributed by atoms with Crippen LogP contribution in [0.25, 0.3) is 10.6 Å². The molecule has 6 heteroatoms. The monoisotopic (exact) mass is 358 g/mol. The summed E-state index contributed by atoms with van der Waals surface area (Å²) in [7, 11) is 1.64. The maximum absolute atomic E-state index is 12.2. The van der Waals surface area contributed by atoms with Gasteiger partial charge in [-0.2, -0.15) is 0 Å². The van der Waals surface area contributed by atoms with E-state index in [4.69, 9.17) is 16.3 Å². The van der Waals surface area contributed by atoms with E-state index in [0.29, 0.717) is 17.1 Å². The molecule has 0 saturated heterocycles. The van der Waals surface area contributed by atoms with Gasteiger partial charge in [-0.3, -0.25) is 4.79 Å². The summed E-state index contributed by atoms with van der Waals surface area (Å²) < 4.78 is 5.15. The molecular formula is C18H15ClN2O2S. The summed E-state index contributed by atoms with van der Waals surface area (Å²) in [5.74, 6) is 0.599. The van der Waals surface area contributed by atoms with Crippen molar-refractivity contribution < 1.29 is 9.53 Å².